The summed E-state index contributed by atoms with van der Waals surface area (Å²) in [5.74, 6) is 0. The maximum atomic E-state index is 9.93. The average molecular weight is 439 g/mol. The first-order valence-electron chi connectivity index (χ1n) is 12.0. The van der Waals surface area contributed by atoms with Gasteiger partial charge in [-0.15, -0.1) is 0 Å². The third-order valence-electron chi connectivity index (χ3n) is 7.11. The van der Waals surface area contributed by atoms with E-state index in [9.17, 15) is 5.11 Å². The number of nitrogens with zero attached hydrogens (tertiary/aromatic N) is 2. The van der Waals surface area contributed by atoms with Gasteiger partial charge in [-0.2, -0.15) is 0 Å². The number of hydrogen-bond donors (Lipinski definition) is 3. The van der Waals surface area contributed by atoms with Crippen LogP contribution in [0.4, 0.5) is 0 Å². The zero-order valence-electron chi connectivity index (χ0n) is 18.8. The maximum absolute atomic E-state index is 9.93. The Bertz CT molecular complexity index is 1280. The number of aromatic amines is 1. The van der Waals surface area contributed by atoms with Gasteiger partial charge in [0, 0.05) is 48.5 Å². The van der Waals surface area contributed by atoms with Gasteiger partial charge in [-0.25, -0.2) is 4.98 Å². The molecule has 0 saturated carbocycles. The molecule has 0 bridgehead atoms. The molecule has 1 atom stereocenters. The Kier molecular flexibility index (Phi) is 5.46. The Labute approximate surface area is 194 Å². The highest BCUT2D eigenvalue weighted by Gasteiger charge is 2.18. The first-order chi connectivity index (χ1) is 16.2. The molecule has 5 nitrogen and oxygen atoms in total. The third kappa shape index (κ3) is 4.20. The first kappa shape index (κ1) is 20.6. The minimum atomic E-state index is -0.182. The fourth-order valence-electron chi connectivity index (χ4n) is 5.28. The Morgan fingerprint density at radius 1 is 1.00 bits per heavy atom. The second-order valence-corrected chi connectivity index (χ2v) is 9.46. The number of hydrogen-bond acceptors (Lipinski definition) is 4. The molecule has 168 valence electrons. The highest BCUT2D eigenvalue weighted by Crippen LogP contribution is 2.32. The number of aliphatic hydroxyl groups is 1. The van der Waals surface area contributed by atoms with Crippen LogP contribution < -0.4 is 5.32 Å². The number of H-pyrrole nitrogens is 1. The summed E-state index contributed by atoms with van der Waals surface area (Å²) in [5.41, 5.74) is 9.83. The zero-order valence-corrected chi connectivity index (χ0v) is 18.8. The quantitative estimate of drug-likeness (QED) is 0.439. The summed E-state index contributed by atoms with van der Waals surface area (Å²) in [4.78, 5) is 10.4. The summed E-state index contributed by atoms with van der Waals surface area (Å²) in [7, 11) is 0. The van der Waals surface area contributed by atoms with Crippen molar-refractivity contribution in [1.29, 1.82) is 0 Å². The van der Waals surface area contributed by atoms with E-state index in [-0.39, 0.29) is 6.10 Å². The van der Waals surface area contributed by atoms with E-state index in [4.69, 9.17) is 4.98 Å². The summed E-state index contributed by atoms with van der Waals surface area (Å²) in [6, 6.07) is 17.9. The summed E-state index contributed by atoms with van der Waals surface area (Å²) in [6.07, 6.45) is 6.94. The fraction of sp³-hybridized carbons (Fsp3) is 0.321. The van der Waals surface area contributed by atoms with Crippen LogP contribution in [0.3, 0.4) is 0 Å². The standard InChI is InChI=1S/C28H30N4O/c33-25-2-1-11-32(18-25)17-19-3-5-20(6-4-19)24-13-26-27(16-31-28(26)30-15-24)22-7-8-23-14-29-10-9-21(23)12-22/h3-8,12-13,15-16,25,29,33H,1-2,9-11,14,17-18H2,(H,30,31). The van der Waals surface area contributed by atoms with Crippen LogP contribution in [-0.2, 0) is 19.5 Å². The molecule has 1 saturated heterocycles. The molecule has 3 N–H and O–H groups in total. The lowest BCUT2D eigenvalue weighted by atomic mass is 9.95. The van der Waals surface area contributed by atoms with Crippen LogP contribution in [-0.4, -0.2) is 45.7 Å². The van der Waals surface area contributed by atoms with Crippen LogP contribution in [0.1, 0.15) is 29.5 Å². The van der Waals surface area contributed by atoms with Crippen molar-refractivity contribution < 1.29 is 5.11 Å². The largest absolute Gasteiger partial charge is 0.392 e. The Balaban J connectivity index is 1.27. The van der Waals surface area contributed by atoms with Crippen LogP contribution >= 0.6 is 0 Å². The molecule has 1 unspecified atom stereocenters. The highest BCUT2D eigenvalue weighted by atomic mass is 16.3. The summed E-state index contributed by atoms with van der Waals surface area (Å²) < 4.78 is 0. The number of nitrogens with one attached hydrogen (secondary N) is 2. The number of aliphatic hydroxyl groups excluding tert-OH is 1. The van der Waals surface area contributed by atoms with Gasteiger partial charge in [0.25, 0.3) is 0 Å². The predicted octanol–water partition coefficient (Wildman–Crippen LogP) is 4.50. The smallest absolute Gasteiger partial charge is 0.137 e. The molecular formula is C28H30N4O. The number of aromatic nitrogens is 2. The molecule has 2 aliphatic heterocycles. The van der Waals surface area contributed by atoms with Gasteiger partial charge in [0.1, 0.15) is 5.65 Å². The number of likely N-dealkylation sites (tertiary alicyclic amines) is 1. The number of β-amino-alcohol motifs (C(OH)–C–C–N with tert-alkyl or cyclic N) is 1. The van der Waals surface area contributed by atoms with Gasteiger partial charge >= 0.3 is 0 Å². The van der Waals surface area contributed by atoms with E-state index >= 15 is 0 Å². The molecule has 0 aliphatic carbocycles. The molecule has 0 radical (unpaired) electrons. The number of pyridine rings is 1. The lowest BCUT2D eigenvalue weighted by Gasteiger charge is -2.29. The third-order valence-corrected chi connectivity index (χ3v) is 7.11. The van der Waals surface area contributed by atoms with E-state index < -0.39 is 0 Å². The van der Waals surface area contributed by atoms with Gasteiger partial charge in [0.2, 0.25) is 0 Å². The predicted molar refractivity (Wildman–Crippen MR) is 133 cm³/mol. The Morgan fingerprint density at radius 3 is 2.76 bits per heavy atom. The van der Waals surface area contributed by atoms with Crippen LogP contribution in [0.15, 0.2) is 60.9 Å². The number of fused-ring (bicyclic) bond motifs is 2. The molecular weight excluding hydrogens is 408 g/mol. The van der Waals surface area contributed by atoms with Crippen molar-refractivity contribution in [3.63, 3.8) is 0 Å². The fourth-order valence-corrected chi connectivity index (χ4v) is 5.28. The van der Waals surface area contributed by atoms with E-state index in [1.807, 2.05) is 6.20 Å². The van der Waals surface area contributed by atoms with Crippen molar-refractivity contribution in [1.82, 2.24) is 20.2 Å². The van der Waals surface area contributed by atoms with Crippen LogP contribution in [0.25, 0.3) is 33.3 Å². The highest BCUT2D eigenvalue weighted by molar-refractivity contribution is 5.96. The molecule has 0 spiro atoms. The summed E-state index contributed by atoms with van der Waals surface area (Å²) >= 11 is 0. The van der Waals surface area contributed by atoms with Crippen molar-refractivity contribution in [2.75, 3.05) is 19.6 Å². The molecule has 5 heteroatoms. The molecule has 2 aromatic heterocycles. The molecule has 2 aliphatic rings. The van der Waals surface area contributed by atoms with Crippen LogP contribution in [0, 0.1) is 0 Å². The topological polar surface area (TPSA) is 64.2 Å². The van der Waals surface area contributed by atoms with Crippen LogP contribution in [0.5, 0.6) is 0 Å². The molecule has 0 amide bonds. The van der Waals surface area contributed by atoms with Crippen LogP contribution in [0.2, 0.25) is 0 Å². The van der Waals surface area contributed by atoms with Crippen molar-refractivity contribution in [2.45, 2.75) is 38.5 Å². The minimum absolute atomic E-state index is 0.182. The molecule has 33 heavy (non-hydrogen) atoms. The van der Waals surface area contributed by atoms with Gasteiger partial charge in [-0.3, -0.25) is 4.90 Å². The van der Waals surface area contributed by atoms with Gasteiger partial charge in [0.05, 0.1) is 6.10 Å². The molecule has 4 aromatic rings. The van der Waals surface area contributed by atoms with E-state index in [1.165, 1.54) is 33.4 Å². The van der Waals surface area contributed by atoms with Crippen molar-refractivity contribution >= 4 is 11.0 Å². The summed E-state index contributed by atoms with van der Waals surface area (Å²) in [6.45, 7) is 4.74. The van der Waals surface area contributed by atoms with E-state index in [0.29, 0.717) is 0 Å². The average Bonchev–Trinajstić information content (AvgIpc) is 3.28. The Hall–Kier alpha value is -2.99. The molecule has 6 rings (SSSR count). The number of benzene rings is 2. The first-order valence-corrected chi connectivity index (χ1v) is 12.0. The van der Waals surface area contributed by atoms with E-state index in [1.54, 1.807) is 0 Å². The molecule has 1 fully saturated rings. The van der Waals surface area contributed by atoms with Crippen molar-refractivity contribution in [3.05, 3.63) is 77.6 Å². The second kappa shape index (κ2) is 8.75. The van der Waals surface area contributed by atoms with Gasteiger partial charge in [-0.05, 0) is 66.2 Å². The SMILES string of the molecule is OC1CCCN(Cc2ccc(-c3cnc4[nH]cc(-c5ccc6c(c5)CCNC6)c4c3)cc2)C1. The lowest BCUT2D eigenvalue weighted by molar-refractivity contribution is 0.0668. The lowest BCUT2D eigenvalue weighted by Crippen LogP contribution is -2.37. The molecule has 4 heterocycles. The molecule has 2 aromatic carbocycles. The van der Waals surface area contributed by atoms with E-state index in [2.05, 4.69) is 69.9 Å². The number of rotatable bonds is 4. The van der Waals surface area contributed by atoms with Crippen molar-refractivity contribution in [3.8, 4) is 22.3 Å². The van der Waals surface area contributed by atoms with Gasteiger partial charge in [0.15, 0.2) is 0 Å². The zero-order chi connectivity index (χ0) is 22.2. The number of piperidine rings is 1. The summed E-state index contributed by atoms with van der Waals surface area (Å²) in [5, 5.41) is 14.5. The maximum Gasteiger partial charge on any atom is 0.137 e. The second-order valence-electron chi connectivity index (χ2n) is 9.46. The van der Waals surface area contributed by atoms with Crippen molar-refractivity contribution in [2.24, 2.45) is 0 Å². The Morgan fingerprint density at radius 2 is 1.88 bits per heavy atom. The van der Waals surface area contributed by atoms with Gasteiger partial charge in [-0.1, -0.05) is 42.5 Å². The minimum Gasteiger partial charge on any atom is -0.392 e. The monoisotopic (exact) mass is 438 g/mol. The van der Waals surface area contributed by atoms with E-state index in [0.717, 1.165) is 68.6 Å². The normalized spacial score (nSPS) is 19.0. The van der Waals surface area contributed by atoms with Gasteiger partial charge < -0.3 is 15.4 Å².